The molecule has 6 nitrogen and oxygen atoms in total. The van der Waals surface area contributed by atoms with Crippen molar-refractivity contribution in [1.82, 2.24) is 9.97 Å². The van der Waals surface area contributed by atoms with Crippen LogP contribution in [0.2, 0.25) is 0 Å². The Kier molecular flexibility index (Phi) is 4.19. The maximum atomic E-state index is 14.0. The van der Waals surface area contributed by atoms with Gasteiger partial charge in [-0.3, -0.25) is 0 Å². The molecule has 0 fully saturated rings. The van der Waals surface area contributed by atoms with Gasteiger partial charge in [0.2, 0.25) is 0 Å². The van der Waals surface area contributed by atoms with Gasteiger partial charge in [0.15, 0.2) is 9.84 Å². The molecule has 0 spiro atoms. The molecular formula is C13H15FN4O2S. The Morgan fingerprint density at radius 2 is 2.05 bits per heavy atom. The summed E-state index contributed by atoms with van der Waals surface area (Å²) in [5, 5.41) is 2.81. The third-order valence-electron chi connectivity index (χ3n) is 2.99. The van der Waals surface area contributed by atoms with Crippen molar-refractivity contribution in [3.63, 3.8) is 0 Å². The first-order chi connectivity index (χ1) is 9.82. The number of rotatable bonds is 4. The molecule has 0 aliphatic rings. The zero-order valence-electron chi connectivity index (χ0n) is 11.6. The molecule has 1 aromatic heterocycles. The van der Waals surface area contributed by atoms with Gasteiger partial charge in [0.25, 0.3) is 0 Å². The topological polar surface area (TPSA) is 98.0 Å². The van der Waals surface area contributed by atoms with Crippen LogP contribution in [0.4, 0.5) is 15.9 Å². The Morgan fingerprint density at radius 3 is 2.62 bits per heavy atom. The van der Waals surface area contributed by atoms with Crippen molar-refractivity contribution in [2.24, 2.45) is 5.73 Å². The largest absolute Gasteiger partial charge is 0.337 e. The third-order valence-corrected chi connectivity index (χ3v) is 4.10. The van der Waals surface area contributed by atoms with Crippen LogP contribution in [-0.2, 0) is 16.4 Å². The van der Waals surface area contributed by atoms with E-state index in [1.807, 2.05) is 0 Å². The van der Waals surface area contributed by atoms with E-state index >= 15 is 0 Å². The number of sulfone groups is 1. The Labute approximate surface area is 122 Å². The molecule has 21 heavy (non-hydrogen) atoms. The predicted octanol–water partition coefficient (Wildman–Crippen LogP) is 1.53. The van der Waals surface area contributed by atoms with E-state index in [9.17, 15) is 12.8 Å². The van der Waals surface area contributed by atoms with Crippen LogP contribution in [0, 0.1) is 12.7 Å². The van der Waals surface area contributed by atoms with Crippen molar-refractivity contribution >= 4 is 21.3 Å². The fourth-order valence-corrected chi connectivity index (χ4v) is 2.44. The van der Waals surface area contributed by atoms with Crippen LogP contribution >= 0.6 is 0 Å². The average Bonchev–Trinajstić information content (AvgIpc) is 2.40. The molecule has 0 atom stereocenters. The summed E-state index contributed by atoms with van der Waals surface area (Å²) in [5.41, 5.74) is 7.12. The highest BCUT2D eigenvalue weighted by molar-refractivity contribution is 7.90. The first-order valence-corrected chi connectivity index (χ1v) is 7.99. The SMILES string of the molecule is Cc1ncnc(Nc2ccc(S(C)(=O)=O)cc2F)c1CN. The van der Waals surface area contributed by atoms with Crippen LogP contribution in [0.15, 0.2) is 29.4 Å². The van der Waals surface area contributed by atoms with Gasteiger partial charge in [0.1, 0.15) is 18.0 Å². The van der Waals surface area contributed by atoms with Crippen LogP contribution in [-0.4, -0.2) is 24.6 Å². The van der Waals surface area contributed by atoms with Crippen molar-refractivity contribution in [1.29, 1.82) is 0 Å². The number of hydrogen-bond donors (Lipinski definition) is 2. The van der Waals surface area contributed by atoms with E-state index in [-0.39, 0.29) is 17.1 Å². The molecule has 2 aromatic rings. The lowest BCUT2D eigenvalue weighted by molar-refractivity contribution is 0.596. The van der Waals surface area contributed by atoms with E-state index in [4.69, 9.17) is 5.73 Å². The standard InChI is InChI=1S/C13H15FN4O2S/c1-8-10(6-15)13(17-7-16-8)18-12-4-3-9(5-11(12)14)21(2,19)20/h3-5,7H,6,15H2,1-2H3,(H,16,17,18). The Balaban J connectivity index is 2.40. The molecule has 2 rings (SSSR count). The van der Waals surface area contributed by atoms with Crippen LogP contribution in [0.5, 0.6) is 0 Å². The highest BCUT2D eigenvalue weighted by Crippen LogP contribution is 2.24. The third kappa shape index (κ3) is 3.34. The van der Waals surface area contributed by atoms with Gasteiger partial charge in [0.05, 0.1) is 10.6 Å². The normalized spacial score (nSPS) is 11.4. The lowest BCUT2D eigenvalue weighted by Crippen LogP contribution is -2.08. The summed E-state index contributed by atoms with van der Waals surface area (Å²) in [4.78, 5) is 7.97. The van der Waals surface area contributed by atoms with Crippen molar-refractivity contribution in [3.05, 3.63) is 41.6 Å². The molecule has 0 bridgehead atoms. The van der Waals surface area contributed by atoms with Crippen molar-refractivity contribution in [2.45, 2.75) is 18.4 Å². The van der Waals surface area contributed by atoms with Gasteiger partial charge in [-0.15, -0.1) is 0 Å². The fourth-order valence-electron chi connectivity index (χ4n) is 1.81. The van der Waals surface area contributed by atoms with Gasteiger partial charge in [0, 0.05) is 24.1 Å². The minimum Gasteiger partial charge on any atom is -0.337 e. The maximum absolute atomic E-state index is 14.0. The van der Waals surface area contributed by atoms with E-state index < -0.39 is 15.7 Å². The number of nitrogens with two attached hydrogens (primary N) is 1. The first-order valence-electron chi connectivity index (χ1n) is 6.10. The molecule has 0 radical (unpaired) electrons. The molecule has 1 heterocycles. The van der Waals surface area contributed by atoms with Crippen LogP contribution < -0.4 is 11.1 Å². The zero-order chi connectivity index (χ0) is 15.6. The van der Waals surface area contributed by atoms with E-state index in [2.05, 4.69) is 15.3 Å². The Morgan fingerprint density at radius 1 is 1.33 bits per heavy atom. The van der Waals surface area contributed by atoms with Crippen molar-refractivity contribution in [2.75, 3.05) is 11.6 Å². The summed E-state index contributed by atoms with van der Waals surface area (Å²) in [6.07, 6.45) is 2.37. The molecular weight excluding hydrogens is 295 g/mol. The van der Waals surface area contributed by atoms with Crippen molar-refractivity contribution in [3.8, 4) is 0 Å². The van der Waals surface area contributed by atoms with E-state index in [1.54, 1.807) is 6.92 Å². The van der Waals surface area contributed by atoms with Gasteiger partial charge in [-0.05, 0) is 25.1 Å². The number of aryl methyl sites for hydroxylation is 1. The predicted molar refractivity (Wildman–Crippen MR) is 77.5 cm³/mol. The summed E-state index contributed by atoms with van der Waals surface area (Å²) in [6, 6.07) is 3.65. The summed E-state index contributed by atoms with van der Waals surface area (Å²) in [5.74, 6) is -0.284. The summed E-state index contributed by atoms with van der Waals surface area (Å²) in [7, 11) is -3.45. The van der Waals surface area contributed by atoms with Gasteiger partial charge in [-0.1, -0.05) is 0 Å². The van der Waals surface area contributed by atoms with Gasteiger partial charge >= 0.3 is 0 Å². The average molecular weight is 310 g/mol. The van der Waals surface area contributed by atoms with E-state index in [0.29, 0.717) is 17.1 Å². The monoisotopic (exact) mass is 310 g/mol. The van der Waals surface area contributed by atoms with E-state index in [1.165, 1.54) is 18.5 Å². The quantitative estimate of drug-likeness (QED) is 0.888. The molecule has 0 unspecified atom stereocenters. The number of aromatic nitrogens is 2. The molecule has 0 amide bonds. The molecule has 0 saturated carbocycles. The van der Waals surface area contributed by atoms with Gasteiger partial charge < -0.3 is 11.1 Å². The smallest absolute Gasteiger partial charge is 0.175 e. The van der Waals surface area contributed by atoms with Crippen molar-refractivity contribution < 1.29 is 12.8 Å². The second kappa shape index (κ2) is 5.74. The maximum Gasteiger partial charge on any atom is 0.175 e. The molecule has 0 saturated heterocycles. The Hall–Kier alpha value is -2.06. The fraction of sp³-hybridized carbons (Fsp3) is 0.231. The van der Waals surface area contributed by atoms with Crippen LogP contribution in [0.1, 0.15) is 11.3 Å². The molecule has 1 aromatic carbocycles. The molecule has 3 N–H and O–H groups in total. The number of nitrogens with one attached hydrogen (secondary N) is 1. The number of anilines is 2. The second-order valence-corrected chi connectivity index (χ2v) is 6.54. The van der Waals surface area contributed by atoms with Gasteiger partial charge in [-0.2, -0.15) is 0 Å². The minimum absolute atomic E-state index is 0.0801. The number of halogens is 1. The highest BCUT2D eigenvalue weighted by atomic mass is 32.2. The summed E-state index contributed by atoms with van der Waals surface area (Å²) in [6.45, 7) is 1.98. The minimum atomic E-state index is -3.45. The number of benzene rings is 1. The molecule has 8 heteroatoms. The van der Waals surface area contributed by atoms with Crippen LogP contribution in [0.3, 0.4) is 0 Å². The lowest BCUT2D eigenvalue weighted by atomic mass is 10.2. The van der Waals surface area contributed by atoms with E-state index in [0.717, 1.165) is 12.3 Å². The molecule has 0 aliphatic heterocycles. The lowest BCUT2D eigenvalue weighted by Gasteiger charge is -2.12. The second-order valence-electron chi connectivity index (χ2n) is 4.53. The van der Waals surface area contributed by atoms with Crippen LogP contribution in [0.25, 0.3) is 0 Å². The summed E-state index contributed by atoms with van der Waals surface area (Å²) < 4.78 is 36.8. The molecule has 112 valence electrons. The zero-order valence-corrected chi connectivity index (χ0v) is 12.4. The molecule has 0 aliphatic carbocycles. The highest BCUT2D eigenvalue weighted by Gasteiger charge is 2.13. The first kappa shape index (κ1) is 15.3. The Bertz CT molecular complexity index is 778. The number of hydrogen-bond acceptors (Lipinski definition) is 6. The number of nitrogens with zero attached hydrogens (tertiary/aromatic N) is 2. The van der Waals surface area contributed by atoms with Gasteiger partial charge in [-0.25, -0.2) is 22.8 Å². The summed E-state index contributed by atoms with van der Waals surface area (Å²) >= 11 is 0.